The molecule has 4 heteroatoms. The van der Waals surface area contributed by atoms with Gasteiger partial charge in [0.25, 0.3) is 0 Å². The second-order valence-corrected chi connectivity index (χ2v) is 5.81. The van der Waals surface area contributed by atoms with Gasteiger partial charge in [0.05, 0.1) is 5.56 Å². The number of carboxylic acid groups (broad SMARTS) is 1. The molecule has 0 saturated carbocycles. The van der Waals surface area contributed by atoms with Crippen LogP contribution in [0, 0.1) is 0 Å². The normalized spacial score (nSPS) is 10.5. The van der Waals surface area contributed by atoms with Gasteiger partial charge in [0.1, 0.15) is 5.75 Å². The smallest absolute Gasteiger partial charge is 0.336 e. The van der Waals surface area contributed by atoms with Crippen LogP contribution < -0.4 is 0 Å². The van der Waals surface area contributed by atoms with Gasteiger partial charge in [-0.05, 0) is 31.4 Å². The highest BCUT2D eigenvalue weighted by atomic mass is 16.4. The Morgan fingerprint density at radius 3 is 2.25 bits per heavy atom. The van der Waals surface area contributed by atoms with Crippen molar-refractivity contribution in [1.82, 2.24) is 0 Å². The lowest BCUT2D eigenvalue weighted by Gasteiger charge is -2.08. The number of ketones is 1. The first kappa shape index (κ1) is 17.7. The summed E-state index contributed by atoms with van der Waals surface area (Å²) in [5.74, 6) is -0.826. The quantitative estimate of drug-likeness (QED) is 0.527. The second-order valence-electron chi connectivity index (χ2n) is 5.81. The number of carbonyl (C=O) groups is 2. The number of unbranched alkanes of at least 4 members (excludes halogenated alkanes) is 3. The number of phenolic OH excluding ortho intramolecular Hbond substituents is 1. The van der Waals surface area contributed by atoms with Crippen molar-refractivity contribution in [1.29, 1.82) is 0 Å². The number of phenols is 1. The van der Waals surface area contributed by atoms with Crippen LogP contribution in [0.4, 0.5) is 0 Å². The van der Waals surface area contributed by atoms with E-state index in [1.54, 1.807) is 0 Å². The van der Waals surface area contributed by atoms with E-state index in [-0.39, 0.29) is 17.1 Å². The van der Waals surface area contributed by atoms with Gasteiger partial charge in [0.15, 0.2) is 5.78 Å². The predicted octanol–water partition coefficient (Wildman–Crippen LogP) is 4.47. The van der Waals surface area contributed by atoms with Gasteiger partial charge in [-0.3, -0.25) is 4.79 Å². The first-order chi connectivity index (χ1) is 11.6. The van der Waals surface area contributed by atoms with Crippen LogP contribution in [0.2, 0.25) is 0 Å². The lowest BCUT2D eigenvalue weighted by atomic mass is 9.99. The van der Waals surface area contributed by atoms with Crippen molar-refractivity contribution in [3.63, 3.8) is 0 Å². The number of carbonyl (C=O) groups excluding carboxylic acids is 1. The number of benzene rings is 2. The monoisotopic (exact) mass is 326 g/mol. The Balaban J connectivity index is 1.73. The lowest BCUT2D eigenvalue weighted by Crippen LogP contribution is -2.03. The molecular weight excluding hydrogens is 304 g/mol. The Bertz CT molecular complexity index is 692. The number of Topliss-reactive ketones (excluding diaryl/α,β-unsaturated/α-hetero) is 1. The fourth-order valence-electron chi connectivity index (χ4n) is 2.75. The average Bonchev–Trinajstić information content (AvgIpc) is 2.59. The Hall–Kier alpha value is -2.62. The maximum absolute atomic E-state index is 12.0. The highest BCUT2D eigenvalue weighted by Gasteiger charge is 2.13. The minimum atomic E-state index is -1.02. The molecule has 0 fully saturated rings. The minimum Gasteiger partial charge on any atom is -0.508 e. The summed E-state index contributed by atoms with van der Waals surface area (Å²) in [4.78, 5) is 23.1. The van der Waals surface area contributed by atoms with Gasteiger partial charge in [-0.25, -0.2) is 4.79 Å². The molecule has 0 saturated heterocycles. The van der Waals surface area contributed by atoms with Gasteiger partial charge in [0.2, 0.25) is 0 Å². The molecule has 0 atom stereocenters. The van der Waals surface area contributed by atoms with E-state index in [0.29, 0.717) is 18.4 Å². The molecule has 0 aliphatic rings. The van der Waals surface area contributed by atoms with Gasteiger partial charge in [-0.2, -0.15) is 0 Å². The largest absolute Gasteiger partial charge is 0.508 e. The van der Waals surface area contributed by atoms with Crippen LogP contribution in [-0.2, 0) is 6.42 Å². The summed E-state index contributed by atoms with van der Waals surface area (Å²) in [6.07, 6.45) is 4.48. The molecule has 24 heavy (non-hydrogen) atoms. The first-order valence-electron chi connectivity index (χ1n) is 8.22. The van der Waals surface area contributed by atoms with Gasteiger partial charge < -0.3 is 10.2 Å². The van der Waals surface area contributed by atoms with Gasteiger partial charge in [-0.15, -0.1) is 0 Å². The summed E-state index contributed by atoms with van der Waals surface area (Å²) >= 11 is 0. The zero-order valence-electron chi connectivity index (χ0n) is 13.6. The minimum absolute atomic E-state index is 0.0363. The molecule has 2 aromatic rings. The molecule has 0 unspecified atom stereocenters. The van der Waals surface area contributed by atoms with Crippen molar-refractivity contribution in [2.45, 2.75) is 38.5 Å². The summed E-state index contributed by atoms with van der Waals surface area (Å²) in [7, 11) is 0. The van der Waals surface area contributed by atoms with Crippen LogP contribution in [0.5, 0.6) is 5.75 Å². The van der Waals surface area contributed by atoms with Gasteiger partial charge >= 0.3 is 5.97 Å². The average molecular weight is 326 g/mol. The van der Waals surface area contributed by atoms with E-state index in [4.69, 9.17) is 5.11 Å². The Morgan fingerprint density at radius 2 is 1.54 bits per heavy atom. The summed E-state index contributed by atoms with van der Waals surface area (Å²) in [6, 6.07) is 13.8. The van der Waals surface area contributed by atoms with Crippen LogP contribution in [0.1, 0.15) is 58.4 Å². The van der Waals surface area contributed by atoms with E-state index >= 15 is 0 Å². The molecule has 0 spiro atoms. The molecule has 0 heterocycles. The molecule has 4 nitrogen and oxygen atoms in total. The maximum Gasteiger partial charge on any atom is 0.336 e. The van der Waals surface area contributed by atoms with E-state index in [1.165, 1.54) is 18.2 Å². The Kier molecular flexibility index (Phi) is 6.55. The Labute approximate surface area is 141 Å². The Morgan fingerprint density at radius 1 is 0.833 bits per heavy atom. The molecule has 0 amide bonds. The van der Waals surface area contributed by atoms with Crippen molar-refractivity contribution in [3.8, 4) is 5.75 Å². The number of aromatic hydroxyl groups is 1. The summed E-state index contributed by atoms with van der Waals surface area (Å²) in [6.45, 7) is 0. The molecule has 0 aliphatic carbocycles. The molecule has 0 aliphatic heterocycles. The number of hydrogen-bond acceptors (Lipinski definition) is 3. The van der Waals surface area contributed by atoms with E-state index < -0.39 is 5.97 Å². The number of hydrogen-bond donors (Lipinski definition) is 2. The zero-order chi connectivity index (χ0) is 17.4. The van der Waals surface area contributed by atoms with Crippen molar-refractivity contribution in [2.24, 2.45) is 0 Å². The molecule has 0 bridgehead atoms. The lowest BCUT2D eigenvalue weighted by molar-refractivity contribution is 0.0694. The summed E-state index contributed by atoms with van der Waals surface area (Å²) < 4.78 is 0. The summed E-state index contributed by atoms with van der Waals surface area (Å²) in [5.41, 5.74) is 1.40. The highest BCUT2D eigenvalue weighted by molar-refractivity contribution is 5.95. The van der Waals surface area contributed by atoms with Crippen molar-refractivity contribution < 1.29 is 19.8 Å². The second kappa shape index (κ2) is 8.87. The zero-order valence-corrected chi connectivity index (χ0v) is 13.6. The molecular formula is C20H22O4. The van der Waals surface area contributed by atoms with E-state index in [2.05, 4.69) is 0 Å². The predicted molar refractivity (Wildman–Crippen MR) is 92.6 cm³/mol. The molecule has 0 radical (unpaired) electrons. The van der Waals surface area contributed by atoms with Crippen LogP contribution in [0.25, 0.3) is 0 Å². The van der Waals surface area contributed by atoms with Crippen molar-refractivity contribution in [3.05, 3.63) is 65.2 Å². The van der Waals surface area contributed by atoms with E-state index in [9.17, 15) is 14.7 Å². The standard InChI is InChI=1S/C20H22O4/c21-18(15-9-4-3-5-10-15)13-7-2-1-6-11-16-17(20(23)24)12-8-14-19(16)22/h3-5,8-10,12,14,22H,1-2,6-7,11,13H2,(H,23,24). The number of carboxylic acids is 1. The molecule has 2 aromatic carbocycles. The maximum atomic E-state index is 12.0. The SMILES string of the molecule is O=C(CCCCCCc1c(O)cccc1C(=O)O)c1ccccc1. The van der Waals surface area contributed by atoms with Crippen molar-refractivity contribution in [2.75, 3.05) is 0 Å². The van der Waals surface area contributed by atoms with E-state index in [0.717, 1.165) is 31.2 Å². The van der Waals surface area contributed by atoms with E-state index in [1.807, 2.05) is 30.3 Å². The first-order valence-corrected chi connectivity index (χ1v) is 8.22. The third-order valence-electron chi connectivity index (χ3n) is 4.06. The van der Waals surface area contributed by atoms with Crippen LogP contribution in [-0.4, -0.2) is 22.0 Å². The van der Waals surface area contributed by atoms with Crippen LogP contribution >= 0.6 is 0 Å². The highest BCUT2D eigenvalue weighted by Crippen LogP contribution is 2.23. The topological polar surface area (TPSA) is 74.6 Å². The van der Waals surface area contributed by atoms with Crippen molar-refractivity contribution >= 4 is 11.8 Å². The fourth-order valence-corrected chi connectivity index (χ4v) is 2.75. The third-order valence-corrected chi connectivity index (χ3v) is 4.06. The summed E-state index contributed by atoms with van der Waals surface area (Å²) in [5, 5.41) is 19.0. The number of rotatable bonds is 9. The van der Waals surface area contributed by atoms with Crippen LogP contribution in [0.3, 0.4) is 0 Å². The van der Waals surface area contributed by atoms with Crippen LogP contribution in [0.15, 0.2) is 48.5 Å². The molecule has 0 aromatic heterocycles. The fraction of sp³-hybridized carbons (Fsp3) is 0.300. The molecule has 126 valence electrons. The van der Waals surface area contributed by atoms with Gasteiger partial charge in [0, 0.05) is 17.5 Å². The molecule has 2 N–H and O–H groups in total. The number of aromatic carboxylic acids is 1. The third kappa shape index (κ3) is 4.95. The van der Waals surface area contributed by atoms with Gasteiger partial charge in [-0.1, -0.05) is 49.2 Å². The molecule has 2 rings (SSSR count).